The van der Waals surface area contributed by atoms with Crippen LogP contribution >= 0.6 is 11.6 Å². The summed E-state index contributed by atoms with van der Waals surface area (Å²) >= 11 is 5.98. The molecule has 2 aliphatic carbocycles. The minimum Gasteiger partial charge on any atom is -0.347 e. The van der Waals surface area contributed by atoms with E-state index in [4.69, 9.17) is 11.6 Å². The number of hydrogen-bond donors (Lipinski definition) is 2. The highest BCUT2D eigenvalue weighted by Gasteiger charge is 2.51. The van der Waals surface area contributed by atoms with Crippen LogP contribution in [-0.4, -0.2) is 65.3 Å². The number of carbonyl (C=O) groups is 4. The number of benzene rings is 2. The van der Waals surface area contributed by atoms with E-state index in [0.717, 1.165) is 44.1 Å². The number of piperidine rings is 1. The van der Waals surface area contributed by atoms with Gasteiger partial charge in [-0.2, -0.15) is 0 Å². The van der Waals surface area contributed by atoms with Crippen LogP contribution in [0.1, 0.15) is 88.3 Å². The standard InChI is InChI=1S/C27H37ClN4O4.C10H12/c1-26(2)24(35)32(25(36)30-26)17-27(20-6-4-3-5-7-20)12-14-31(15-13-27)23(34)22(29-18-33)16-19-8-10-21(28)11-9-19;1-2-6-10-8-4-3-7-9(10)5-1/h8-11,18,20,22H,3-7,12-17H2,1-2H3,(H,29,33)(H,30,36);1-2,5-6H,3-4,7-8H2/t22-;/m1./s1. The summed E-state index contributed by atoms with van der Waals surface area (Å²) in [5.74, 6) is 0.135. The topological polar surface area (TPSA) is 98.8 Å². The first-order valence-electron chi connectivity index (χ1n) is 17.1. The Balaban J connectivity index is 0.000000350. The largest absolute Gasteiger partial charge is 0.347 e. The molecule has 2 saturated heterocycles. The predicted octanol–water partition coefficient (Wildman–Crippen LogP) is 6.08. The first-order valence-corrected chi connectivity index (χ1v) is 17.4. The highest BCUT2D eigenvalue weighted by atomic mass is 35.5. The van der Waals surface area contributed by atoms with Crippen LogP contribution in [-0.2, 0) is 33.6 Å². The van der Waals surface area contributed by atoms with Gasteiger partial charge in [-0.15, -0.1) is 0 Å². The summed E-state index contributed by atoms with van der Waals surface area (Å²) in [4.78, 5) is 53.6. The molecule has 0 aromatic heterocycles. The zero-order valence-electron chi connectivity index (χ0n) is 27.4. The lowest BCUT2D eigenvalue weighted by molar-refractivity contribution is -0.140. The predicted molar refractivity (Wildman–Crippen MR) is 180 cm³/mol. The number of amides is 5. The molecule has 2 aromatic rings. The Bertz CT molecular complexity index is 1350. The summed E-state index contributed by atoms with van der Waals surface area (Å²) in [6.45, 7) is 4.96. The smallest absolute Gasteiger partial charge is 0.325 e. The van der Waals surface area contributed by atoms with Crippen molar-refractivity contribution in [1.29, 1.82) is 0 Å². The maximum Gasteiger partial charge on any atom is 0.325 e. The monoisotopic (exact) mass is 648 g/mol. The number of urea groups is 1. The molecule has 1 atom stereocenters. The Hall–Kier alpha value is -3.39. The molecule has 0 bridgehead atoms. The Kier molecular flexibility index (Phi) is 11.1. The van der Waals surface area contributed by atoms with Gasteiger partial charge in [0.25, 0.3) is 5.91 Å². The van der Waals surface area contributed by atoms with Crippen molar-refractivity contribution in [1.82, 2.24) is 20.4 Å². The number of hydrogen-bond acceptors (Lipinski definition) is 4. The first kappa shape index (κ1) is 34.0. The van der Waals surface area contributed by atoms with Crippen LogP contribution in [0.25, 0.3) is 0 Å². The summed E-state index contributed by atoms with van der Waals surface area (Å²) in [5.41, 5.74) is 2.98. The van der Waals surface area contributed by atoms with Gasteiger partial charge in [-0.1, -0.05) is 67.3 Å². The Morgan fingerprint density at radius 1 is 0.957 bits per heavy atom. The number of nitrogens with zero attached hydrogens (tertiary/aromatic N) is 2. The molecule has 0 spiro atoms. The van der Waals surface area contributed by atoms with E-state index in [1.807, 2.05) is 17.0 Å². The minimum atomic E-state index is -0.892. The number of nitrogens with one attached hydrogen (secondary N) is 2. The molecule has 0 unspecified atom stereocenters. The molecular formula is C37H49ClN4O4. The third-order valence-corrected chi connectivity index (χ3v) is 10.9. The second-order valence-electron chi connectivity index (χ2n) is 14.1. The number of imide groups is 1. The van der Waals surface area contributed by atoms with E-state index < -0.39 is 11.6 Å². The second-order valence-corrected chi connectivity index (χ2v) is 14.5. The average molecular weight is 649 g/mol. The molecule has 4 aliphatic rings. The molecule has 2 N–H and O–H groups in total. The molecule has 1 saturated carbocycles. The summed E-state index contributed by atoms with van der Waals surface area (Å²) in [6.07, 6.45) is 13.5. The van der Waals surface area contributed by atoms with Crippen LogP contribution in [0.15, 0.2) is 48.5 Å². The lowest BCUT2D eigenvalue weighted by Crippen LogP contribution is -2.55. The van der Waals surface area contributed by atoms with Crippen LogP contribution in [0, 0.1) is 11.3 Å². The first-order chi connectivity index (χ1) is 22.1. The van der Waals surface area contributed by atoms with Gasteiger partial charge in [0.05, 0.1) is 0 Å². The van der Waals surface area contributed by atoms with Gasteiger partial charge < -0.3 is 15.5 Å². The number of rotatable bonds is 8. The average Bonchev–Trinajstić information content (AvgIpc) is 3.27. The van der Waals surface area contributed by atoms with Crippen LogP contribution in [0.4, 0.5) is 4.79 Å². The molecule has 6 rings (SSSR count). The maximum atomic E-state index is 13.4. The van der Waals surface area contributed by atoms with Crippen molar-refractivity contribution >= 4 is 35.9 Å². The fourth-order valence-electron chi connectivity index (χ4n) is 7.91. The van der Waals surface area contributed by atoms with Gasteiger partial charge in [-0.05, 0) is 105 Å². The van der Waals surface area contributed by atoms with Gasteiger partial charge in [-0.25, -0.2) is 4.79 Å². The lowest BCUT2D eigenvalue weighted by atomic mass is 9.63. The minimum absolute atomic E-state index is 0.106. The molecule has 5 amide bonds. The summed E-state index contributed by atoms with van der Waals surface area (Å²) in [7, 11) is 0. The van der Waals surface area contributed by atoms with E-state index in [0.29, 0.717) is 43.4 Å². The zero-order valence-corrected chi connectivity index (χ0v) is 28.1. The van der Waals surface area contributed by atoms with Crippen LogP contribution in [0.5, 0.6) is 0 Å². The quantitative estimate of drug-likeness (QED) is 0.268. The Morgan fingerprint density at radius 2 is 1.57 bits per heavy atom. The van der Waals surface area contributed by atoms with Crippen LogP contribution < -0.4 is 10.6 Å². The van der Waals surface area contributed by atoms with Crippen LogP contribution in [0.3, 0.4) is 0 Å². The van der Waals surface area contributed by atoms with Crippen LogP contribution in [0.2, 0.25) is 5.02 Å². The Labute approximate surface area is 278 Å². The third-order valence-electron chi connectivity index (χ3n) is 10.6. The van der Waals surface area contributed by atoms with Gasteiger partial charge >= 0.3 is 6.03 Å². The molecule has 2 heterocycles. The summed E-state index contributed by atoms with van der Waals surface area (Å²) < 4.78 is 0. The summed E-state index contributed by atoms with van der Waals surface area (Å²) in [5, 5.41) is 6.12. The van der Waals surface area contributed by atoms with Gasteiger partial charge in [0, 0.05) is 31.1 Å². The van der Waals surface area contributed by atoms with Crippen molar-refractivity contribution in [3.8, 4) is 0 Å². The van der Waals surface area contributed by atoms with E-state index >= 15 is 0 Å². The van der Waals surface area contributed by atoms with Gasteiger partial charge in [0.1, 0.15) is 11.6 Å². The molecule has 46 heavy (non-hydrogen) atoms. The second kappa shape index (κ2) is 15.0. The molecule has 248 valence electrons. The van der Waals surface area contributed by atoms with Crippen molar-refractivity contribution in [2.45, 2.75) is 102 Å². The molecule has 2 aliphatic heterocycles. The summed E-state index contributed by atoms with van der Waals surface area (Å²) in [6, 6.07) is 15.1. The van der Waals surface area contributed by atoms with Crippen molar-refractivity contribution in [3.63, 3.8) is 0 Å². The van der Waals surface area contributed by atoms with E-state index in [1.165, 1.54) is 37.0 Å². The van der Waals surface area contributed by atoms with Gasteiger partial charge in [0.15, 0.2) is 0 Å². The molecule has 2 aromatic carbocycles. The number of likely N-dealkylation sites (tertiary alicyclic amines) is 1. The van der Waals surface area contributed by atoms with E-state index in [9.17, 15) is 19.2 Å². The molecule has 3 fully saturated rings. The fraction of sp³-hybridized carbons (Fsp3) is 0.568. The molecule has 0 radical (unpaired) electrons. The van der Waals surface area contributed by atoms with Crippen molar-refractivity contribution in [2.75, 3.05) is 19.6 Å². The number of halogens is 1. The number of carbonyl (C=O) groups excluding carboxylic acids is 4. The maximum absolute atomic E-state index is 13.4. The normalized spacial score (nSPS) is 21.4. The SMILES string of the molecule is CC1(C)NC(=O)N(CC2(C3CCCCC3)CCN(C(=O)[C@@H](Cc3ccc(Cl)cc3)NC=O)CC2)C1=O.c1ccc2c(c1)CCCC2. The van der Waals surface area contributed by atoms with Crippen molar-refractivity contribution in [2.24, 2.45) is 11.3 Å². The highest BCUT2D eigenvalue weighted by Crippen LogP contribution is 2.47. The highest BCUT2D eigenvalue weighted by molar-refractivity contribution is 6.30. The molecule has 8 nitrogen and oxygen atoms in total. The van der Waals surface area contributed by atoms with E-state index in [1.54, 1.807) is 37.1 Å². The lowest BCUT2D eigenvalue weighted by Gasteiger charge is -2.49. The van der Waals surface area contributed by atoms with Gasteiger partial charge in [0.2, 0.25) is 12.3 Å². The number of fused-ring (bicyclic) bond motifs is 1. The molecular weight excluding hydrogens is 600 g/mol. The van der Waals surface area contributed by atoms with Crippen molar-refractivity contribution < 1.29 is 19.2 Å². The Morgan fingerprint density at radius 3 is 2.11 bits per heavy atom. The zero-order chi connectivity index (χ0) is 32.7. The van der Waals surface area contributed by atoms with Crippen molar-refractivity contribution in [3.05, 3.63) is 70.2 Å². The number of aryl methyl sites for hydroxylation is 2. The van der Waals surface area contributed by atoms with E-state index in [2.05, 4.69) is 34.9 Å². The molecule has 9 heteroatoms. The van der Waals surface area contributed by atoms with E-state index in [-0.39, 0.29) is 23.3 Å². The van der Waals surface area contributed by atoms with Gasteiger partial charge in [-0.3, -0.25) is 19.3 Å². The third kappa shape index (κ3) is 7.93. The fourth-order valence-corrected chi connectivity index (χ4v) is 8.04.